The lowest BCUT2D eigenvalue weighted by molar-refractivity contribution is -0.311. The lowest BCUT2D eigenvalue weighted by Gasteiger charge is -2.46. The van der Waals surface area contributed by atoms with Crippen LogP contribution in [0.2, 0.25) is 0 Å². The van der Waals surface area contributed by atoms with Crippen molar-refractivity contribution < 1.29 is 9.47 Å². The van der Waals surface area contributed by atoms with Gasteiger partial charge in [0.1, 0.15) is 0 Å². The molecule has 1 saturated heterocycles. The topological polar surface area (TPSA) is 56.5 Å². The maximum Gasteiger partial charge on any atom is 0.168 e. The van der Waals surface area contributed by atoms with Crippen LogP contribution in [0.4, 0.5) is 0 Å². The van der Waals surface area contributed by atoms with E-state index in [9.17, 15) is 0 Å². The highest BCUT2D eigenvalue weighted by Gasteiger charge is 2.42. The molecular formula is C11H22N2O2. The fraction of sp³-hybridized carbons (Fsp3) is 1.00. The number of nitrogens with one attached hydrogen (secondary N) is 1. The van der Waals surface area contributed by atoms with Gasteiger partial charge in [0.2, 0.25) is 0 Å². The number of ether oxygens (including phenoxy) is 2. The van der Waals surface area contributed by atoms with Crippen LogP contribution in [0.25, 0.3) is 0 Å². The van der Waals surface area contributed by atoms with E-state index < -0.39 is 0 Å². The third kappa shape index (κ3) is 2.50. The maximum atomic E-state index is 5.92. The minimum absolute atomic E-state index is 0.161. The Balaban J connectivity index is 1.89. The summed E-state index contributed by atoms with van der Waals surface area (Å²) in [7, 11) is 0. The summed E-state index contributed by atoms with van der Waals surface area (Å²) in [6, 6.07) is 0.428. The van der Waals surface area contributed by atoms with Crippen LogP contribution in [0.15, 0.2) is 0 Å². The molecule has 3 N–H and O–H groups in total. The second kappa shape index (κ2) is 4.01. The molecule has 4 nitrogen and oxygen atoms in total. The highest BCUT2D eigenvalue weighted by Crippen LogP contribution is 2.38. The summed E-state index contributed by atoms with van der Waals surface area (Å²) in [6.45, 7) is 5.95. The van der Waals surface area contributed by atoms with Crippen molar-refractivity contribution in [1.29, 1.82) is 0 Å². The van der Waals surface area contributed by atoms with Crippen molar-refractivity contribution in [3.05, 3.63) is 0 Å². The molecule has 0 radical (unpaired) electrons. The van der Waals surface area contributed by atoms with Crippen molar-refractivity contribution in [3.8, 4) is 0 Å². The summed E-state index contributed by atoms with van der Waals surface area (Å²) >= 11 is 0. The lowest BCUT2D eigenvalue weighted by atomic mass is 9.87. The summed E-state index contributed by atoms with van der Waals surface area (Å²) in [5.41, 5.74) is 2.99. The summed E-state index contributed by atoms with van der Waals surface area (Å²) in [5, 5.41) is 0. The maximum absolute atomic E-state index is 5.92. The van der Waals surface area contributed by atoms with E-state index in [4.69, 9.17) is 15.3 Å². The zero-order valence-electron chi connectivity index (χ0n) is 9.71. The molecular weight excluding hydrogens is 192 g/mol. The Bertz CT molecular complexity index is 211. The van der Waals surface area contributed by atoms with E-state index in [1.54, 1.807) is 0 Å². The molecule has 1 saturated carbocycles. The predicted molar refractivity (Wildman–Crippen MR) is 58.0 cm³/mol. The first kappa shape index (κ1) is 11.3. The molecule has 1 heterocycles. The minimum atomic E-state index is -0.303. The molecule has 4 heteroatoms. The van der Waals surface area contributed by atoms with E-state index in [0.29, 0.717) is 6.04 Å². The molecule has 0 aromatic carbocycles. The van der Waals surface area contributed by atoms with Crippen LogP contribution < -0.4 is 11.3 Å². The van der Waals surface area contributed by atoms with Gasteiger partial charge in [-0.25, -0.2) is 0 Å². The summed E-state index contributed by atoms with van der Waals surface area (Å²) in [4.78, 5) is 0. The second-order valence-electron chi connectivity index (χ2n) is 5.59. The molecule has 0 aromatic heterocycles. The van der Waals surface area contributed by atoms with Gasteiger partial charge in [-0.1, -0.05) is 13.8 Å². The van der Waals surface area contributed by atoms with Gasteiger partial charge in [0.25, 0.3) is 0 Å². The van der Waals surface area contributed by atoms with Crippen LogP contribution in [0, 0.1) is 5.41 Å². The molecule has 1 aliphatic heterocycles. The number of nitrogens with two attached hydrogens (primary N) is 1. The van der Waals surface area contributed by atoms with Gasteiger partial charge in [0, 0.05) is 24.3 Å². The molecule has 0 atom stereocenters. The van der Waals surface area contributed by atoms with Gasteiger partial charge in [-0.3, -0.25) is 11.3 Å². The Labute approximate surface area is 91.5 Å². The molecule has 1 aliphatic carbocycles. The van der Waals surface area contributed by atoms with Crippen molar-refractivity contribution in [1.82, 2.24) is 5.43 Å². The van der Waals surface area contributed by atoms with Crippen LogP contribution in [-0.4, -0.2) is 25.0 Å². The Kier molecular flexibility index (Phi) is 3.03. The summed E-state index contributed by atoms with van der Waals surface area (Å²) < 4.78 is 11.8. The third-order valence-corrected chi connectivity index (χ3v) is 3.44. The quantitative estimate of drug-likeness (QED) is 0.508. The summed E-state index contributed by atoms with van der Waals surface area (Å²) in [6.07, 6.45) is 3.99. The molecule has 2 aliphatic rings. The highest BCUT2D eigenvalue weighted by molar-refractivity contribution is 4.86. The van der Waals surface area contributed by atoms with Gasteiger partial charge >= 0.3 is 0 Å². The van der Waals surface area contributed by atoms with Gasteiger partial charge in [0.05, 0.1) is 13.2 Å². The first-order valence-electron chi connectivity index (χ1n) is 5.79. The van der Waals surface area contributed by atoms with Crippen LogP contribution in [0.5, 0.6) is 0 Å². The van der Waals surface area contributed by atoms with Gasteiger partial charge in [0.15, 0.2) is 5.79 Å². The van der Waals surface area contributed by atoms with Crippen LogP contribution in [-0.2, 0) is 9.47 Å². The number of rotatable bonds is 1. The first-order chi connectivity index (χ1) is 7.05. The van der Waals surface area contributed by atoms with Crippen molar-refractivity contribution in [2.24, 2.45) is 11.3 Å². The Hall–Kier alpha value is -0.160. The number of hydrazine groups is 1. The zero-order chi connectivity index (χ0) is 10.9. The second-order valence-corrected chi connectivity index (χ2v) is 5.59. The van der Waals surface area contributed by atoms with Crippen molar-refractivity contribution in [2.45, 2.75) is 51.4 Å². The Morgan fingerprint density at radius 3 is 2.13 bits per heavy atom. The molecule has 2 fully saturated rings. The zero-order valence-corrected chi connectivity index (χ0v) is 9.71. The SMILES string of the molecule is CC1(C)COC2(CCC(NN)CC2)OC1. The van der Waals surface area contributed by atoms with E-state index in [1.807, 2.05) is 0 Å². The highest BCUT2D eigenvalue weighted by atomic mass is 16.7. The van der Waals surface area contributed by atoms with Crippen LogP contribution in [0.3, 0.4) is 0 Å². The van der Waals surface area contributed by atoms with Gasteiger partial charge in [-0.2, -0.15) is 0 Å². The normalized spacial score (nSPS) is 30.6. The van der Waals surface area contributed by atoms with Gasteiger partial charge in [-0.15, -0.1) is 0 Å². The third-order valence-electron chi connectivity index (χ3n) is 3.44. The van der Waals surface area contributed by atoms with Crippen molar-refractivity contribution >= 4 is 0 Å². The lowest BCUT2D eigenvalue weighted by Crippen LogP contribution is -2.52. The molecule has 0 unspecified atom stereocenters. The van der Waals surface area contributed by atoms with Crippen molar-refractivity contribution in [3.63, 3.8) is 0 Å². The van der Waals surface area contributed by atoms with Crippen LogP contribution >= 0.6 is 0 Å². The van der Waals surface area contributed by atoms with E-state index in [-0.39, 0.29) is 11.2 Å². The van der Waals surface area contributed by atoms with E-state index in [1.165, 1.54) is 0 Å². The predicted octanol–water partition coefficient (Wildman–Crippen LogP) is 1.16. The molecule has 0 amide bonds. The van der Waals surface area contributed by atoms with Crippen LogP contribution in [0.1, 0.15) is 39.5 Å². The summed E-state index contributed by atoms with van der Waals surface area (Å²) in [5.74, 6) is 5.13. The monoisotopic (exact) mass is 214 g/mol. The van der Waals surface area contributed by atoms with E-state index in [0.717, 1.165) is 38.9 Å². The van der Waals surface area contributed by atoms with E-state index in [2.05, 4.69) is 19.3 Å². The molecule has 1 spiro atoms. The number of hydrogen-bond donors (Lipinski definition) is 2. The van der Waals surface area contributed by atoms with Crippen molar-refractivity contribution in [2.75, 3.05) is 13.2 Å². The minimum Gasteiger partial charge on any atom is -0.349 e. The smallest absolute Gasteiger partial charge is 0.168 e. The molecule has 0 bridgehead atoms. The molecule has 88 valence electrons. The average Bonchev–Trinajstić information content (AvgIpc) is 2.24. The van der Waals surface area contributed by atoms with E-state index >= 15 is 0 Å². The number of hydrogen-bond acceptors (Lipinski definition) is 4. The fourth-order valence-electron chi connectivity index (χ4n) is 2.25. The van der Waals surface area contributed by atoms with Gasteiger partial charge < -0.3 is 9.47 Å². The Morgan fingerprint density at radius 1 is 1.13 bits per heavy atom. The Morgan fingerprint density at radius 2 is 1.67 bits per heavy atom. The average molecular weight is 214 g/mol. The first-order valence-corrected chi connectivity index (χ1v) is 5.79. The molecule has 0 aromatic rings. The fourth-order valence-corrected chi connectivity index (χ4v) is 2.25. The standard InChI is InChI=1S/C11H22N2O2/c1-10(2)7-14-11(15-8-10)5-3-9(13-12)4-6-11/h9,13H,3-8,12H2,1-2H3. The molecule has 15 heavy (non-hydrogen) atoms. The largest absolute Gasteiger partial charge is 0.349 e. The van der Waals surface area contributed by atoms with Gasteiger partial charge in [-0.05, 0) is 12.8 Å². The molecule has 2 rings (SSSR count).